The van der Waals surface area contributed by atoms with E-state index in [1.807, 2.05) is 24.3 Å². The fourth-order valence-electron chi connectivity index (χ4n) is 1.62. The number of rotatable bonds is 4. The smallest absolute Gasteiger partial charge is 0.305 e. The Labute approximate surface area is 117 Å². The normalized spacial score (nSPS) is 12.3. The molecule has 94 valence electrons. The Morgan fingerprint density at radius 1 is 1.44 bits per heavy atom. The number of carboxylic acid groups (broad SMARTS) is 1. The van der Waals surface area contributed by atoms with Crippen molar-refractivity contribution in [1.29, 1.82) is 0 Å². The molecule has 1 unspecified atom stereocenters. The standard InChI is InChI=1S/C11H11IN4O2/c1-7(6-10(17)18)16-11(13-14-15-16)8-2-4-9(12)5-3-8/h2-5,7H,6H2,1H3,(H,17,18). The van der Waals surface area contributed by atoms with Crippen LogP contribution in [0.2, 0.25) is 0 Å². The van der Waals surface area contributed by atoms with Crippen molar-refractivity contribution >= 4 is 28.6 Å². The van der Waals surface area contributed by atoms with E-state index in [0.717, 1.165) is 9.13 Å². The molecule has 0 bridgehead atoms. The van der Waals surface area contributed by atoms with Crippen molar-refractivity contribution in [2.45, 2.75) is 19.4 Å². The zero-order chi connectivity index (χ0) is 13.1. The van der Waals surface area contributed by atoms with E-state index in [0.29, 0.717) is 5.82 Å². The Bertz CT molecular complexity index is 552. The van der Waals surface area contributed by atoms with Gasteiger partial charge >= 0.3 is 5.97 Å². The Morgan fingerprint density at radius 3 is 2.72 bits per heavy atom. The van der Waals surface area contributed by atoms with Crippen LogP contribution in [0.3, 0.4) is 0 Å². The Hall–Kier alpha value is -1.51. The van der Waals surface area contributed by atoms with Gasteiger partial charge in [-0.25, -0.2) is 4.68 Å². The van der Waals surface area contributed by atoms with Gasteiger partial charge in [0.05, 0.1) is 12.5 Å². The summed E-state index contributed by atoms with van der Waals surface area (Å²) >= 11 is 2.22. The molecule has 1 N–H and O–H groups in total. The third-order valence-electron chi connectivity index (χ3n) is 2.48. The molecular formula is C11H11IN4O2. The minimum atomic E-state index is -0.869. The SMILES string of the molecule is CC(CC(=O)O)n1nnnc1-c1ccc(I)cc1. The molecule has 0 aliphatic heterocycles. The second-order valence-electron chi connectivity index (χ2n) is 3.90. The van der Waals surface area contributed by atoms with Crippen LogP contribution >= 0.6 is 22.6 Å². The average Bonchev–Trinajstić information content (AvgIpc) is 2.78. The third kappa shape index (κ3) is 2.84. The fourth-order valence-corrected chi connectivity index (χ4v) is 1.98. The second-order valence-corrected chi connectivity index (χ2v) is 5.15. The maximum atomic E-state index is 10.7. The van der Waals surface area contributed by atoms with E-state index in [1.54, 1.807) is 6.92 Å². The summed E-state index contributed by atoms with van der Waals surface area (Å²) in [6, 6.07) is 7.45. The molecule has 6 nitrogen and oxygen atoms in total. The lowest BCUT2D eigenvalue weighted by Crippen LogP contribution is -2.13. The van der Waals surface area contributed by atoms with E-state index in [2.05, 4.69) is 38.1 Å². The van der Waals surface area contributed by atoms with Gasteiger partial charge in [-0.3, -0.25) is 4.79 Å². The first-order valence-corrected chi connectivity index (χ1v) is 6.41. The molecule has 0 amide bonds. The highest BCUT2D eigenvalue weighted by Gasteiger charge is 2.16. The summed E-state index contributed by atoms with van der Waals surface area (Å²) in [7, 11) is 0. The number of benzene rings is 1. The van der Waals surface area contributed by atoms with Crippen molar-refractivity contribution in [2.75, 3.05) is 0 Å². The van der Waals surface area contributed by atoms with Gasteiger partial charge in [0.25, 0.3) is 0 Å². The number of tetrazole rings is 1. The summed E-state index contributed by atoms with van der Waals surface area (Å²) in [5, 5.41) is 20.2. The number of hydrogen-bond acceptors (Lipinski definition) is 4. The predicted molar refractivity (Wildman–Crippen MR) is 72.9 cm³/mol. The second kappa shape index (κ2) is 5.42. The minimum Gasteiger partial charge on any atom is -0.481 e. The van der Waals surface area contributed by atoms with Crippen molar-refractivity contribution in [1.82, 2.24) is 20.2 Å². The maximum absolute atomic E-state index is 10.7. The van der Waals surface area contributed by atoms with E-state index in [-0.39, 0.29) is 12.5 Å². The highest BCUT2D eigenvalue weighted by molar-refractivity contribution is 14.1. The third-order valence-corrected chi connectivity index (χ3v) is 3.20. The predicted octanol–water partition coefficient (Wildman–Crippen LogP) is 1.98. The van der Waals surface area contributed by atoms with Crippen LogP contribution in [0, 0.1) is 3.57 Å². The first-order chi connectivity index (χ1) is 8.58. The molecule has 0 aliphatic carbocycles. The largest absolute Gasteiger partial charge is 0.481 e. The van der Waals surface area contributed by atoms with Crippen molar-refractivity contribution in [3.8, 4) is 11.4 Å². The first kappa shape index (κ1) is 12.9. The van der Waals surface area contributed by atoms with E-state index < -0.39 is 5.97 Å². The van der Waals surface area contributed by atoms with Gasteiger partial charge in [-0.1, -0.05) is 12.1 Å². The Kier molecular flexibility index (Phi) is 3.90. The lowest BCUT2D eigenvalue weighted by atomic mass is 10.2. The number of aliphatic carboxylic acids is 1. The lowest BCUT2D eigenvalue weighted by molar-refractivity contribution is -0.137. The molecular weight excluding hydrogens is 347 g/mol. The van der Waals surface area contributed by atoms with Gasteiger partial charge in [-0.15, -0.1) is 5.10 Å². The van der Waals surface area contributed by atoms with Gasteiger partial charge in [0.1, 0.15) is 0 Å². The molecule has 18 heavy (non-hydrogen) atoms. The molecule has 0 radical (unpaired) electrons. The molecule has 1 aromatic heterocycles. The monoisotopic (exact) mass is 358 g/mol. The van der Waals surface area contributed by atoms with Crippen LogP contribution in [0.4, 0.5) is 0 Å². The highest BCUT2D eigenvalue weighted by atomic mass is 127. The quantitative estimate of drug-likeness (QED) is 0.846. The Morgan fingerprint density at radius 2 is 2.11 bits per heavy atom. The number of carboxylic acids is 1. The van der Waals surface area contributed by atoms with E-state index >= 15 is 0 Å². The molecule has 1 atom stereocenters. The molecule has 0 saturated heterocycles. The van der Waals surface area contributed by atoms with Gasteiger partial charge < -0.3 is 5.11 Å². The zero-order valence-electron chi connectivity index (χ0n) is 9.62. The molecule has 2 rings (SSSR count). The van der Waals surface area contributed by atoms with Crippen LogP contribution in [-0.2, 0) is 4.79 Å². The van der Waals surface area contributed by atoms with Gasteiger partial charge in [0, 0.05) is 9.13 Å². The summed E-state index contributed by atoms with van der Waals surface area (Å²) < 4.78 is 2.66. The van der Waals surface area contributed by atoms with Crippen LogP contribution in [0.5, 0.6) is 0 Å². The summed E-state index contributed by atoms with van der Waals surface area (Å²) in [5.74, 6) is -0.285. The maximum Gasteiger partial charge on any atom is 0.305 e. The van der Waals surface area contributed by atoms with Crippen LogP contribution in [-0.4, -0.2) is 31.3 Å². The van der Waals surface area contributed by atoms with Crippen LogP contribution < -0.4 is 0 Å². The number of hydrogen-bond donors (Lipinski definition) is 1. The number of nitrogens with zero attached hydrogens (tertiary/aromatic N) is 4. The summed E-state index contributed by atoms with van der Waals surface area (Å²) in [5.41, 5.74) is 0.873. The fraction of sp³-hybridized carbons (Fsp3) is 0.273. The number of halogens is 1. The lowest BCUT2D eigenvalue weighted by Gasteiger charge is -2.10. The molecule has 0 aliphatic rings. The molecule has 1 aromatic carbocycles. The number of carbonyl (C=O) groups is 1. The summed E-state index contributed by atoms with van der Waals surface area (Å²) in [6.07, 6.45) is -0.0115. The molecule has 0 fully saturated rings. The first-order valence-electron chi connectivity index (χ1n) is 5.33. The number of aromatic nitrogens is 4. The zero-order valence-corrected chi connectivity index (χ0v) is 11.8. The van der Waals surface area contributed by atoms with E-state index in [4.69, 9.17) is 5.11 Å². The van der Waals surface area contributed by atoms with Crippen LogP contribution in [0.1, 0.15) is 19.4 Å². The average molecular weight is 358 g/mol. The molecule has 0 spiro atoms. The Balaban J connectivity index is 2.32. The van der Waals surface area contributed by atoms with Crippen molar-refractivity contribution in [3.63, 3.8) is 0 Å². The molecule has 1 heterocycles. The van der Waals surface area contributed by atoms with Crippen LogP contribution in [0.15, 0.2) is 24.3 Å². The summed E-state index contributed by atoms with van der Waals surface area (Å²) in [4.78, 5) is 10.7. The molecule has 2 aromatic rings. The van der Waals surface area contributed by atoms with Crippen molar-refractivity contribution < 1.29 is 9.90 Å². The van der Waals surface area contributed by atoms with Gasteiger partial charge in [-0.05, 0) is 52.1 Å². The van der Waals surface area contributed by atoms with Gasteiger partial charge in [0.2, 0.25) is 0 Å². The highest BCUT2D eigenvalue weighted by Crippen LogP contribution is 2.21. The van der Waals surface area contributed by atoms with E-state index in [9.17, 15) is 4.79 Å². The topological polar surface area (TPSA) is 80.9 Å². The molecule has 7 heteroatoms. The van der Waals surface area contributed by atoms with Gasteiger partial charge in [0.15, 0.2) is 5.82 Å². The molecule has 0 saturated carbocycles. The van der Waals surface area contributed by atoms with Crippen molar-refractivity contribution in [3.05, 3.63) is 27.8 Å². The minimum absolute atomic E-state index is 0.0115. The van der Waals surface area contributed by atoms with Crippen molar-refractivity contribution in [2.24, 2.45) is 0 Å². The summed E-state index contributed by atoms with van der Waals surface area (Å²) in [6.45, 7) is 1.78. The van der Waals surface area contributed by atoms with Gasteiger partial charge in [-0.2, -0.15) is 0 Å². The van der Waals surface area contributed by atoms with E-state index in [1.165, 1.54) is 4.68 Å². The van der Waals surface area contributed by atoms with Crippen LogP contribution in [0.25, 0.3) is 11.4 Å².